The number of carbonyl (C=O) groups excluding carboxylic acids is 3. The van der Waals surface area contributed by atoms with Gasteiger partial charge in [-0.05, 0) is 24.1 Å². The van der Waals surface area contributed by atoms with Crippen LogP contribution in [0.3, 0.4) is 0 Å². The van der Waals surface area contributed by atoms with Crippen molar-refractivity contribution in [2.75, 3.05) is 5.75 Å². The van der Waals surface area contributed by atoms with Gasteiger partial charge in [0.25, 0.3) is 11.6 Å². The summed E-state index contributed by atoms with van der Waals surface area (Å²) >= 11 is 1.13. The lowest BCUT2D eigenvalue weighted by molar-refractivity contribution is -0.384. The third-order valence-corrected chi connectivity index (χ3v) is 5.55. The first-order valence-corrected chi connectivity index (χ1v) is 9.75. The standard InChI is InChI=1S/C19H18N4O5S/c1-2-19(13-6-4-3-5-7-13)17(25)22(18(26)20-19)21-16(24)12-29-15-10-8-14(9-11-15)23(27)28/h3-11H,2,12H2,1H3,(H,20,26)(H,21,24)/t19-/m0/s1. The lowest BCUT2D eigenvalue weighted by atomic mass is 9.87. The topological polar surface area (TPSA) is 122 Å². The lowest BCUT2D eigenvalue weighted by Gasteiger charge is -2.25. The minimum atomic E-state index is -1.23. The van der Waals surface area contributed by atoms with Gasteiger partial charge in [-0.15, -0.1) is 11.8 Å². The van der Waals surface area contributed by atoms with Crippen molar-refractivity contribution < 1.29 is 19.3 Å². The van der Waals surface area contributed by atoms with Gasteiger partial charge in [0, 0.05) is 17.0 Å². The molecule has 1 saturated heterocycles. The van der Waals surface area contributed by atoms with Gasteiger partial charge in [0.2, 0.25) is 5.91 Å². The van der Waals surface area contributed by atoms with E-state index in [1.54, 1.807) is 31.2 Å². The molecule has 29 heavy (non-hydrogen) atoms. The Morgan fingerprint density at radius 1 is 1.17 bits per heavy atom. The quantitative estimate of drug-likeness (QED) is 0.311. The van der Waals surface area contributed by atoms with Crippen molar-refractivity contribution in [1.29, 1.82) is 0 Å². The zero-order valence-corrected chi connectivity index (χ0v) is 16.3. The largest absolute Gasteiger partial charge is 0.344 e. The highest BCUT2D eigenvalue weighted by atomic mass is 32.2. The molecule has 1 atom stereocenters. The van der Waals surface area contributed by atoms with Crippen molar-refractivity contribution in [3.63, 3.8) is 0 Å². The van der Waals surface area contributed by atoms with Crippen molar-refractivity contribution >= 4 is 35.3 Å². The Morgan fingerprint density at radius 3 is 2.41 bits per heavy atom. The van der Waals surface area contributed by atoms with Gasteiger partial charge in [-0.1, -0.05) is 37.3 Å². The van der Waals surface area contributed by atoms with Gasteiger partial charge < -0.3 is 5.32 Å². The number of nitrogens with one attached hydrogen (secondary N) is 2. The van der Waals surface area contributed by atoms with Crippen LogP contribution in [0.4, 0.5) is 10.5 Å². The number of urea groups is 1. The fourth-order valence-electron chi connectivity index (χ4n) is 3.01. The number of nitro benzene ring substituents is 1. The normalized spacial score (nSPS) is 18.4. The number of imide groups is 1. The molecule has 0 aliphatic carbocycles. The molecule has 0 radical (unpaired) electrons. The highest BCUT2D eigenvalue weighted by molar-refractivity contribution is 8.00. The number of carbonyl (C=O) groups is 3. The second-order valence-electron chi connectivity index (χ2n) is 6.27. The molecule has 0 spiro atoms. The predicted molar refractivity (Wildman–Crippen MR) is 106 cm³/mol. The minimum Gasteiger partial charge on any atom is -0.318 e. The fraction of sp³-hybridized carbons (Fsp3) is 0.211. The van der Waals surface area contributed by atoms with Crippen molar-refractivity contribution in [1.82, 2.24) is 15.8 Å². The second-order valence-corrected chi connectivity index (χ2v) is 7.32. The maximum Gasteiger partial charge on any atom is 0.344 e. The molecule has 3 rings (SSSR count). The van der Waals surface area contributed by atoms with E-state index in [1.807, 2.05) is 6.07 Å². The van der Waals surface area contributed by atoms with Gasteiger partial charge in [-0.25, -0.2) is 4.79 Å². The van der Waals surface area contributed by atoms with E-state index in [0.29, 0.717) is 21.9 Å². The van der Waals surface area contributed by atoms with Crippen molar-refractivity contribution in [3.8, 4) is 0 Å². The molecule has 10 heteroatoms. The highest BCUT2D eigenvalue weighted by Crippen LogP contribution is 2.31. The average Bonchev–Trinajstić information content (AvgIpc) is 2.98. The number of non-ortho nitro benzene ring substituents is 1. The third kappa shape index (κ3) is 4.06. The first kappa shape index (κ1) is 20.3. The van der Waals surface area contributed by atoms with Crippen LogP contribution in [-0.4, -0.2) is 33.5 Å². The van der Waals surface area contributed by atoms with Gasteiger partial charge in [-0.3, -0.25) is 25.1 Å². The maximum atomic E-state index is 12.9. The van der Waals surface area contributed by atoms with E-state index in [-0.39, 0.29) is 11.4 Å². The molecule has 150 valence electrons. The molecular formula is C19H18N4O5S. The zero-order valence-electron chi connectivity index (χ0n) is 15.5. The summed E-state index contributed by atoms with van der Waals surface area (Å²) in [6, 6.07) is 13.9. The highest BCUT2D eigenvalue weighted by Gasteiger charge is 2.52. The summed E-state index contributed by atoms with van der Waals surface area (Å²) in [5.74, 6) is -1.17. The Bertz CT molecular complexity index is 951. The van der Waals surface area contributed by atoms with Crippen LogP contribution >= 0.6 is 11.8 Å². The van der Waals surface area contributed by atoms with Crippen LogP contribution in [0.15, 0.2) is 59.5 Å². The van der Waals surface area contributed by atoms with Gasteiger partial charge >= 0.3 is 6.03 Å². The smallest absolute Gasteiger partial charge is 0.318 e. The van der Waals surface area contributed by atoms with Gasteiger partial charge in [0.15, 0.2) is 0 Å². The Balaban J connectivity index is 1.65. The first-order chi connectivity index (χ1) is 13.9. The van der Waals surface area contributed by atoms with Crippen LogP contribution in [0, 0.1) is 10.1 Å². The Labute approximate surface area is 170 Å². The van der Waals surface area contributed by atoms with Gasteiger partial charge in [0.05, 0.1) is 10.7 Å². The van der Waals surface area contributed by atoms with Crippen LogP contribution < -0.4 is 10.7 Å². The van der Waals surface area contributed by atoms with Gasteiger partial charge in [-0.2, -0.15) is 5.01 Å². The number of benzene rings is 2. The predicted octanol–water partition coefficient (Wildman–Crippen LogP) is 2.58. The molecule has 0 saturated carbocycles. The average molecular weight is 414 g/mol. The van der Waals surface area contributed by atoms with E-state index in [4.69, 9.17) is 0 Å². The monoisotopic (exact) mass is 414 g/mol. The molecular weight excluding hydrogens is 396 g/mol. The number of hydrogen-bond donors (Lipinski definition) is 2. The Kier molecular flexibility index (Phi) is 5.83. The molecule has 2 aromatic rings. The summed E-state index contributed by atoms with van der Waals surface area (Å²) in [5.41, 5.74) is 1.71. The van der Waals surface area contributed by atoms with Crippen LogP contribution in [0.1, 0.15) is 18.9 Å². The number of thioether (sulfide) groups is 1. The SMILES string of the molecule is CC[C@@]1(c2ccccc2)NC(=O)N(NC(=O)CSc2ccc([N+](=O)[O-])cc2)C1=O. The number of rotatable bonds is 7. The van der Waals surface area contributed by atoms with E-state index >= 15 is 0 Å². The molecule has 1 aliphatic rings. The number of hydrogen-bond acceptors (Lipinski definition) is 6. The van der Waals surface area contributed by atoms with E-state index in [1.165, 1.54) is 24.3 Å². The van der Waals surface area contributed by atoms with Gasteiger partial charge in [0.1, 0.15) is 5.54 Å². The number of amides is 4. The number of nitro groups is 1. The molecule has 4 amide bonds. The van der Waals surface area contributed by atoms with E-state index in [2.05, 4.69) is 10.7 Å². The molecule has 1 heterocycles. The van der Waals surface area contributed by atoms with Crippen LogP contribution in [0.2, 0.25) is 0 Å². The van der Waals surface area contributed by atoms with Crippen molar-refractivity contribution in [2.24, 2.45) is 0 Å². The first-order valence-electron chi connectivity index (χ1n) is 8.76. The van der Waals surface area contributed by atoms with Crippen molar-refractivity contribution in [2.45, 2.75) is 23.8 Å². The Morgan fingerprint density at radius 2 is 1.83 bits per heavy atom. The summed E-state index contributed by atoms with van der Waals surface area (Å²) in [5, 5.41) is 14.1. The van der Waals surface area contributed by atoms with Crippen LogP contribution in [-0.2, 0) is 15.1 Å². The summed E-state index contributed by atoms with van der Waals surface area (Å²) in [6.07, 6.45) is 0.325. The zero-order chi connectivity index (χ0) is 21.0. The third-order valence-electron chi connectivity index (χ3n) is 4.54. The molecule has 2 aromatic carbocycles. The summed E-state index contributed by atoms with van der Waals surface area (Å²) < 4.78 is 0. The molecule has 1 fully saturated rings. The molecule has 0 bridgehead atoms. The van der Waals surface area contributed by atoms with E-state index < -0.39 is 28.3 Å². The molecule has 0 unspecified atom stereocenters. The van der Waals surface area contributed by atoms with Crippen molar-refractivity contribution in [3.05, 3.63) is 70.3 Å². The summed E-state index contributed by atoms with van der Waals surface area (Å²) in [7, 11) is 0. The molecule has 0 aromatic heterocycles. The number of hydrazine groups is 1. The molecule has 9 nitrogen and oxygen atoms in total. The lowest BCUT2D eigenvalue weighted by Crippen LogP contribution is -2.49. The Hall–Kier alpha value is -3.40. The second kappa shape index (κ2) is 8.31. The van der Waals surface area contributed by atoms with Crippen LogP contribution in [0.5, 0.6) is 0 Å². The summed E-state index contributed by atoms with van der Waals surface area (Å²) in [4.78, 5) is 48.4. The van der Waals surface area contributed by atoms with E-state index in [0.717, 1.165) is 11.8 Å². The van der Waals surface area contributed by atoms with Crippen LogP contribution in [0.25, 0.3) is 0 Å². The molecule has 2 N–H and O–H groups in total. The van der Waals surface area contributed by atoms with E-state index in [9.17, 15) is 24.5 Å². The maximum absolute atomic E-state index is 12.9. The molecule has 1 aliphatic heterocycles. The fourth-order valence-corrected chi connectivity index (χ4v) is 3.70. The minimum absolute atomic E-state index is 0.0463. The summed E-state index contributed by atoms with van der Waals surface area (Å²) in [6.45, 7) is 1.78. The number of nitrogens with zero attached hydrogens (tertiary/aromatic N) is 2.